The Balaban J connectivity index is 1.67. The van der Waals surface area contributed by atoms with Gasteiger partial charge in [-0.05, 0) is 36.8 Å². The number of imidazole rings is 1. The van der Waals surface area contributed by atoms with Gasteiger partial charge in [-0.1, -0.05) is 19.1 Å². The molecule has 0 fully saturated rings. The van der Waals surface area contributed by atoms with Gasteiger partial charge in [0, 0.05) is 42.2 Å². The summed E-state index contributed by atoms with van der Waals surface area (Å²) < 4.78 is 1.93. The number of rotatable bonds is 5. The fourth-order valence-corrected chi connectivity index (χ4v) is 3.31. The normalized spacial score (nSPS) is 12.1. The molecule has 3 aromatic heterocycles. The average molecular weight is 401 g/mol. The predicted molar refractivity (Wildman–Crippen MR) is 117 cm³/mol. The van der Waals surface area contributed by atoms with Crippen molar-refractivity contribution in [2.24, 2.45) is 5.73 Å². The molecule has 4 aromatic rings. The van der Waals surface area contributed by atoms with E-state index in [0.717, 1.165) is 22.5 Å². The largest absolute Gasteiger partial charge is 0.382 e. The van der Waals surface area contributed by atoms with Gasteiger partial charge in [0.2, 0.25) is 0 Å². The van der Waals surface area contributed by atoms with Crippen LogP contribution >= 0.6 is 0 Å². The van der Waals surface area contributed by atoms with Crippen LogP contribution in [-0.4, -0.2) is 31.8 Å². The van der Waals surface area contributed by atoms with Crippen molar-refractivity contribution in [3.8, 4) is 11.3 Å². The Bertz CT molecular complexity index is 1210. The van der Waals surface area contributed by atoms with E-state index in [-0.39, 0.29) is 11.8 Å². The van der Waals surface area contributed by atoms with Crippen LogP contribution in [0.25, 0.3) is 16.8 Å². The van der Waals surface area contributed by atoms with Crippen molar-refractivity contribution in [3.63, 3.8) is 0 Å². The van der Waals surface area contributed by atoms with Gasteiger partial charge in [-0.3, -0.25) is 9.20 Å². The van der Waals surface area contributed by atoms with E-state index in [4.69, 9.17) is 16.5 Å². The Morgan fingerprint density at radius 1 is 1.17 bits per heavy atom. The van der Waals surface area contributed by atoms with E-state index < -0.39 is 0 Å². The van der Waals surface area contributed by atoms with Crippen molar-refractivity contribution < 1.29 is 4.79 Å². The van der Waals surface area contributed by atoms with Crippen molar-refractivity contribution >= 4 is 23.1 Å². The summed E-state index contributed by atoms with van der Waals surface area (Å²) >= 11 is 0. The van der Waals surface area contributed by atoms with Gasteiger partial charge in [-0.2, -0.15) is 0 Å². The van der Waals surface area contributed by atoms with Crippen molar-refractivity contribution in [2.45, 2.75) is 19.8 Å². The van der Waals surface area contributed by atoms with E-state index >= 15 is 0 Å². The number of nitrogens with two attached hydrogens (primary N) is 2. The van der Waals surface area contributed by atoms with E-state index in [1.807, 2.05) is 48.7 Å². The zero-order valence-electron chi connectivity index (χ0n) is 16.8. The van der Waals surface area contributed by atoms with Crippen LogP contribution in [0.5, 0.6) is 0 Å². The molecule has 8 heteroatoms. The lowest BCUT2D eigenvalue weighted by atomic mass is 10.1. The number of aryl methyl sites for hydroxylation is 1. The molecule has 0 spiro atoms. The molecule has 0 saturated carbocycles. The van der Waals surface area contributed by atoms with Gasteiger partial charge in [0.25, 0.3) is 5.91 Å². The van der Waals surface area contributed by atoms with Crippen LogP contribution in [0.15, 0.2) is 55.0 Å². The Morgan fingerprint density at radius 2 is 1.93 bits per heavy atom. The smallest absolute Gasteiger partial charge is 0.256 e. The molecule has 8 nitrogen and oxygen atoms in total. The van der Waals surface area contributed by atoms with Crippen LogP contribution < -0.4 is 16.8 Å². The molecule has 1 aromatic carbocycles. The fourth-order valence-electron chi connectivity index (χ4n) is 3.31. The van der Waals surface area contributed by atoms with Gasteiger partial charge in [0.05, 0.1) is 0 Å². The molecular formula is C22H23N7O. The highest BCUT2D eigenvalue weighted by molar-refractivity contribution is 6.04. The molecule has 5 N–H and O–H groups in total. The molecule has 152 valence electrons. The minimum atomic E-state index is -0.229. The van der Waals surface area contributed by atoms with Crippen molar-refractivity contribution in [1.82, 2.24) is 19.4 Å². The molecule has 0 aliphatic rings. The zero-order chi connectivity index (χ0) is 21.3. The first-order valence-corrected chi connectivity index (χ1v) is 9.65. The number of nitrogens with zero attached hydrogens (tertiary/aromatic N) is 4. The Labute approximate surface area is 174 Å². The topological polar surface area (TPSA) is 124 Å². The number of carbonyl (C=O) groups excluding carboxylic acids is 1. The molecule has 0 aliphatic carbocycles. The van der Waals surface area contributed by atoms with Crippen LogP contribution in [0.1, 0.15) is 34.6 Å². The van der Waals surface area contributed by atoms with Gasteiger partial charge < -0.3 is 16.8 Å². The number of nitrogens with one attached hydrogen (secondary N) is 1. The van der Waals surface area contributed by atoms with Crippen LogP contribution in [0, 0.1) is 6.92 Å². The molecule has 3 heterocycles. The summed E-state index contributed by atoms with van der Waals surface area (Å²) in [6, 6.07) is 10.9. The molecule has 0 saturated heterocycles. The van der Waals surface area contributed by atoms with E-state index in [1.54, 1.807) is 24.5 Å². The number of fused-ring (bicyclic) bond motifs is 1. The number of aromatic nitrogens is 4. The molecule has 1 atom stereocenters. The summed E-state index contributed by atoms with van der Waals surface area (Å²) in [5.41, 5.74) is 15.8. The molecule has 0 bridgehead atoms. The SMILES string of the molecule is Cc1ccnc(NC(=O)c2ccc(-c3nc(C(C)CN)n4ccnc(N)c34)cc2)c1. The highest BCUT2D eigenvalue weighted by atomic mass is 16.1. The molecule has 4 rings (SSSR count). The molecular weight excluding hydrogens is 378 g/mol. The second-order valence-electron chi connectivity index (χ2n) is 7.24. The Kier molecular flexibility index (Phi) is 5.16. The van der Waals surface area contributed by atoms with Crippen molar-refractivity contribution in [2.75, 3.05) is 17.6 Å². The third kappa shape index (κ3) is 3.60. The Hall–Kier alpha value is -3.78. The number of hydrogen-bond acceptors (Lipinski definition) is 6. The minimum absolute atomic E-state index is 0.0555. The molecule has 1 amide bonds. The summed E-state index contributed by atoms with van der Waals surface area (Å²) in [6.45, 7) is 4.43. The second kappa shape index (κ2) is 7.92. The van der Waals surface area contributed by atoms with Crippen molar-refractivity contribution in [1.29, 1.82) is 0 Å². The van der Waals surface area contributed by atoms with E-state index in [0.29, 0.717) is 29.4 Å². The molecule has 30 heavy (non-hydrogen) atoms. The predicted octanol–water partition coefficient (Wildman–Crippen LogP) is 3.00. The summed E-state index contributed by atoms with van der Waals surface area (Å²) in [6.07, 6.45) is 5.14. The zero-order valence-corrected chi connectivity index (χ0v) is 16.8. The average Bonchev–Trinajstić information content (AvgIpc) is 3.14. The maximum absolute atomic E-state index is 12.6. The number of nitrogen functional groups attached to an aromatic ring is 1. The molecule has 0 aliphatic heterocycles. The highest BCUT2D eigenvalue weighted by Gasteiger charge is 2.19. The van der Waals surface area contributed by atoms with Gasteiger partial charge in [0.15, 0.2) is 0 Å². The van der Waals surface area contributed by atoms with Gasteiger partial charge in [-0.15, -0.1) is 0 Å². The number of benzene rings is 1. The van der Waals surface area contributed by atoms with E-state index in [1.165, 1.54) is 0 Å². The summed E-state index contributed by atoms with van der Waals surface area (Å²) in [4.78, 5) is 25.7. The standard InChI is InChI=1S/C22H23N7O/c1-13-7-8-25-17(11-13)27-22(30)16-5-3-15(4-6-16)18-19-20(24)26-9-10-29(19)21(28-18)14(2)12-23/h3-11,14H,12,23H2,1-2H3,(H2,24,26)(H,25,27,30). The summed E-state index contributed by atoms with van der Waals surface area (Å²) in [5.74, 6) is 1.56. The fraction of sp³-hybridized carbons (Fsp3) is 0.182. The quantitative estimate of drug-likeness (QED) is 0.472. The lowest BCUT2D eigenvalue weighted by Crippen LogP contribution is -2.12. The second-order valence-corrected chi connectivity index (χ2v) is 7.24. The first-order valence-electron chi connectivity index (χ1n) is 9.65. The van der Waals surface area contributed by atoms with Gasteiger partial charge in [-0.25, -0.2) is 15.0 Å². The van der Waals surface area contributed by atoms with E-state index in [2.05, 4.69) is 15.3 Å². The maximum Gasteiger partial charge on any atom is 0.256 e. The molecule has 0 radical (unpaired) electrons. The number of amides is 1. The maximum atomic E-state index is 12.6. The number of anilines is 2. The Morgan fingerprint density at radius 3 is 2.63 bits per heavy atom. The third-order valence-electron chi connectivity index (χ3n) is 4.98. The van der Waals surface area contributed by atoms with Crippen LogP contribution in [0.4, 0.5) is 11.6 Å². The first-order chi connectivity index (χ1) is 14.5. The number of pyridine rings is 1. The first kappa shape index (κ1) is 19.5. The van der Waals surface area contributed by atoms with Crippen molar-refractivity contribution in [3.05, 3.63) is 71.9 Å². The lowest BCUT2D eigenvalue weighted by Gasteiger charge is -2.07. The number of hydrogen-bond donors (Lipinski definition) is 3. The van der Waals surface area contributed by atoms with Gasteiger partial charge >= 0.3 is 0 Å². The summed E-state index contributed by atoms with van der Waals surface area (Å²) in [7, 11) is 0. The molecule has 1 unspecified atom stereocenters. The number of carbonyl (C=O) groups is 1. The summed E-state index contributed by atoms with van der Waals surface area (Å²) in [5, 5.41) is 2.81. The van der Waals surface area contributed by atoms with Crippen LogP contribution in [0.2, 0.25) is 0 Å². The van der Waals surface area contributed by atoms with E-state index in [9.17, 15) is 4.79 Å². The lowest BCUT2D eigenvalue weighted by molar-refractivity contribution is 0.102. The third-order valence-corrected chi connectivity index (χ3v) is 4.98. The monoisotopic (exact) mass is 401 g/mol. The highest BCUT2D eigenvalue weighted by Crippen LogP contribution is 2.30. The van der Waals surface area contributed by atoms with Crippen LogP contribution in [-0.2, 0) is 0 Å². The van der Waals surface area contributed by atoms with Gasteiger partial charge in [0.1, 0.15) is 28.7 Å². The minimum Gasteiger partial charge on any atom is -0.382 e. The van der Waals surface area contributed by atoms with Crippen LogP contribution in [0.3, 0.4) is 0 Å².